The van der Waals surface area contributed by atoms with Gasteiger partial charge in [-0.2, -0.15) is 0 Å². The summed E-state index contributed by atoms with van der Waals surface area (Å²) in [5.41, 5.74) is 0. The summed E-state index contributed by atoms with van der Waals surface area (Å²) in [6.07, 6.45) is 7.94. The first-order valence-electron chi connectivity index (χ1n) is 6.01. The molecule has 1 saturated carbocycles. The van der Waals surface area contributed by atoms with E-state index in [1.54, 1.807) is 0 Å². The fourth-order valence-electron chi connectivity index (χ4n) is 2.56. The molecule has 1 fully saturated rings. The van der Waals surface area contributed by atoms with Gasteiger partial charge in [0.1, 0.15) is 0 Å². The summed E-state index contributed by atoms with van der Waals surface area (Å²) in [7, 11) is 0. The number of rotatable bonds is 3. The van der Waals surface area contributed by atoms with Gasteiger partial charge in [-0.05, 0) is 37.0 Å². The molecule has 2 heteroatoms. The average Bonchev–Trinajstić information content (AvgIpc) is 2.27. The quantitative estimate of drug-likeness (QED) is 0.526. The van der Waals surface area contributed by atoms with Gasteiger partial charge in [0.15, 0.2) is 0 Å². The minimum atomic E-state index is 0.0303. The SMILES string of the molecule is CC(C)COC(=O)[C@H]1C[C@H]2C=C[C@@H]1CC2. The molecular weight excluding hydrogens is 188 g/mol. The van der Waals surface area contributed by atoms with Crippen molar-refractivity contribution >= 4 is 5.97 Å². The van der Waals surface area contributed by atoms with Crippen molar-refractivity contribution in [3.8, 4) is 0 Å². The lowest BCUT2D eigenvalue weighted by Crippen LogP contribution is -2.34. The lowest BCUT2D eigenvalue weighted by molar-refractivity contribution is -0.152. The van der Waals surface area contributed by atoms with E-state index in [0.717, 1.165) is 6.42 Å². The Kier molecular flexibility index (Phi) is 3.13. The van der Waals surface area contributed by atoms with Gasteiger partial charge in [0.2, 0.25) is 0 Å². The molecule has 15 heavy (non-hydrogen) atoms. The Labute approximate surface area is 91.7 Å². The molecule has 84 valence electrons. The summed E-state index contributed by atoms with van der Waals surface area (Å²) in [6, 6.07) is 0. The van der Waals surface area contributed by atoms with Crippen molar-refractivity contribution in [2.24, 2.45) is 23.7 Å². The second kappa shape index (κ2) is 4.38. The highest BCUT2D eigenvalue weighted by molar-refractivity contribution is 5.73. The van der Waals surface area contributed by atoms with E-state index in [0.29, 0.717) is 24.4 Å². The molecule has 2 nitrogen and oxygen atoms in total. The van der Waals surface area contributed by atoms with Gasteiger partial charge in [-0.3, -0.25) is 4.79 Å². The maximum atomic E-state index is 11.8. The summed E-state index contributed by atoms with van der Waals surface area (Å²) in [4.78, 5) is 11.8. The molecule has 2 bridgehead atoms. The average molecular weight is 208 g/mol. The third kappa shape index (κ3) is 2.42. The van der Waals surface area contributed by atoms with Crippen LogP contribution in [0.25, 0.3) is 0 Å². The molecule has 0 heterocycles. The Hall–Kier alpha value is -0.790. The largest absolute Gasteiger partial charge is 0.465 e. The van der Waals surface area contributed by atoms with Crippen LogP contribution in [-0.4, -0.2) is 12.6 Å². The van der Waals surface area contributed by atoms with Crippen LogP contribution >= 0.6 is 0 Å². The molecule has 3 aliphatic carbocycles. The van der Waals surface area contributed by atoms with E-state index in [1.165, 1.54) is 12.8 Å². The number of carbonyl (C=O) groups excluding carboxylic acids is 1. The van der Waals surface area contributed by atoms with E-state index >= 15 is 0 Å². The summed E-state index contributed by atoms with van der Waals surface area (Å²) in [5.74, 6) is 1.70. The van der Waals surface area contributed by atoms with Gasteiger partial charge in [0.05, 0.1) is 12.5 Å². The summed E-state index contributed by atoms with van der Waals surface area (Å²) in [6.45, 7) is 4.71. The van der Waals surface area contributed by atoms with Gasteiger partial charge in [0, 0.05) is 0 Å². The second-order valence-corrected chi connectivity index (χ2v) is 5.25. The van der Waals surface area contributed by atoms with Crippen LogP contribution in [0.5, 0.6) is 0 Å². The number of hydrogen-bond acceptors (Lipinski definition) is 2. The van der Waals surface area contributed by atoms with E-state index in [-0.39, 0.29) is 11.9 Å². The van der Waals surface area contributed by atoms with Gasteiger partial charge in [-0.25, -0.2) is 0 Å². The van der Waals surface area contributed by atoms with Crippen LogP contribution in [0.1, 0.15) is 33.1 Å². The molecule has 0 saturated heterocycles. The molecule has 0 aromatic carbocycles. The lowest BCUT2D eigenvalue weighted by atomic mass is 9.69. The van der Waals surface area contributed by atoms with Crippen LogP contribution in [0.2, 0.25) is 0 Å². The summed E-state index contributed by atoms with van der Waals surface area (Å²) >= 11 is 0. The van der Waals surface area contributed by atoms with Gasteiger partial charge in [-0.15, -0.1) is 0 Å². The fraction of sp³-hybridized carbons (Fsp3) is 0.769. The van der Waals surface area contributed by atoms with Gasteiger partial charge < -0.3 is 4.74 Å². The molecule has 0 N–H and O–H groups in total. The zero-order chi connectivity index (χ0) is 10.8. The second-order valence-electron chi connectivity index (χ2n) is 5.25. The first-order chi connectivity index (χ1) is 7.16. The fourth-order valence-corrected chi connectivity index (χ4v) is 2.56. The molecule has 0 amide bonds. The summed E-state index contributed by atoms with van der Waals surface area (Å²) < 4.78 is 5.32. The van der Waals surface area contributed by atoms with Crippen LogP contribution in [-0.2, 0) is 9.53 Å². The predicted octanol–water partition coefficient (Wildman–Crippen LogP) is 2.79. The number of carbonyl (C=O) groups is 1. The van der Waals surface area contributed by atoms with Gasteiger partial charge in [-0.1, -0.05) is 26.0 Å². The Morgan fingerprint density at radius 2 is 2.20 bits per heavy atom. The van der Waals surface area contributed by atoms with E-state index in [9.17, 15) is 4.79 Å². The smallest absolute Gasteiger partial charge is 0.309 e. The molecule has 0 spiro atoms. The highest BCUT2D eigenvalue weighted by Crippen LogP contribution is 2.40. The van der Waals surface area contributed by atoms with Crippen LogP contribution in [0.3, 0.4) is 0 Å². The molecule has 3 aliphatic rings. The molecule has 0 radical (unpaired) electrons. The van der Waals surface area contributed by atoms with Gasteiger partial charge >= 0.3 is 5.97 Å². The maximum Gasteiger partial charge on any atom is 0.309 e. The topological polar surface area (TPSA) is 26.3 Å². The zero-order valence-electron chi connectivity index (χ0n) is 9.61. The van der Waals surface area contributed by atoms with E-state index in [2.05, 4.69) is 26.0 Å². The van der Waals surface area contributed by atoms with Crippen LogP contribution < -0.4 is 0 Å². The Morgan fingerprint density at radius 1 is 1.40 bits per heavy atom. The zero-order valence-corrected chi connectivity index (χ0v) is 9.61. The summed E-state index contributed by atoms with van der Waals surface area (Å²) in [5, 5.41) is 0. The minimum absolute atomic E-state index is 0.0303. The van der Waals surface area contributed by atoms with Crippen LogP contribution in [0, 0.1) is 23.7 Å². The van der Waals surface area contributed by atoms with Crippen molar-refractivity contribution in [3.05, 3.63) is 12.2 Å². The van der Waals surface area contributed by atoms with Crippen LogP contribution in [0.4, 0.5) is 0 Å². The highest BCUT2D eigenvalue weighted by atomic mass is 16.5. The molecule has 0 aliphatic heterocycles. The third-order valence-electron chi connectivity index (χ3n) is 3.44. The number of fused-ring (bicyclic) bond motifs is 2. The predicted molar refractivity (Wildman–Crippen MR) is 59.3 cm³/mol. The van der Waals surface area contributed by atoms with Gasteiger partial charge in [0.25, 0.3) is 0 Å². The maximum absolute atomic E-state index is 11.8. The minimum Gasteiger partial charge on any atom is -0.465 e. The molecule has 3 rings (SSSR count). The standard InChI is InChI=1S/C13H20O2/c1-9(2)8-15-13(14)12-7-10-3-5-11(12)6-4-10/h3,5,9-12H,4,6-8H2,1-2H3/t10-,11+,12-/m0/s1. The number of esters is 1. The Bertz CT molecular complexity index is 268. The molecule has 0 aromatic heterocycles. The Balaban J connectivity index is 1.89. The van der Waals surface area contributed by atoms with Crippen molar-refractivity contribution in [2.45, 2.75) is 33.1 Å². The number of ether oxygens (including phenoxy) is 1. The molecular formula is C13H20O2. The van der Waals surface area contributed by atoms with Crippen molar-refractivity contribution < 1.29 is 9.53 Å². The number of allylic oxidation sites excluding steroid dienone is 2. The van der Waals surface area contributed by atoms with Crippen molar-refractivity contribution in [2.75, 3.05) is 6.61 Å². The first kappa shape index (κ1) is 10.7. The van der Waals surface area contributed by atoms with Crippen molar-refractivity contribution in [1.29, 1.82) is 0 Å². The first-order valence-corrected chi connectivity index (χ1v) is 6.01. The highest BCUT2D eigenvalue weighted by Gasteiger charge is 2.37. The monoisotopic (exact) mass is 208 g/mol. The van der Waals surface area contributed by atoms with E-state index < -0.39 is 0 Å². The molecule has 0 aromatic rings. The Morgan fingerprint density at radius 3 is 2.67 bits per heavy atom. The van der Waals surface area contributed by atoms with E-state index in [4.69, 9.17) is 4.74 Å². The number of hydrogen-bond donors (Lipinski definition) is 0. The normalized spacial score (nSPS) is 33.4. The van der Waals surface area contributed by atoms with E-state index in [1.807, 2.05) is 0 Å². The molecule has 0 unspecified atom stereocenters. The third-order valence-corrected chi connectivity index (χ3v) is 3.44. The van der Waals surface area contributed by atoms with Crippen molar-refractivity contribution in [1.82, 2.24) is 0 Å². The van der Waals surface area contributed by atoms with Crippen LogP contribution in [0.15, 0.2) is 12.2 Å². The molecule has 3 atom stereocenters. The van der Waals surface area contributed by atoms with Crippen molar-refractivity contribution in [3.63, 3.8) is 0 Å². The lowest BCUT2D eigenvalue weighted by Gasteiger charge is -2.36.